The fourth-order valence-corrected chi connectivity index (χ4v) is 5.46. The van der Waals surface area contributed by atoms with E-state index in [9.17, 15) is 4.79 Å². The lowest BCUT2D eigenvalue weighted by molar-refractivity contribution is -0.117. The van der Waals surface area contributed by atoms with Crippen molar-refractivity contribution in [2.45, 2.75) is 45.3 Å². The van der Waals surface area contributed by atoms with Gasteiger partial charge in [-0.3, -0.25) is 14.4 Å². The van der Waals surface area contributed by atoms with E-state index in [0.717, 1.165) is 52.2 Å². The highest BCUT2D eigenvalue weighted by Crippen LogP contribution is 2.33. The Morgan fingerprint density at radius 3 is 2.82 bits per heavy atom. The molecule has 2 aliphatic rings. The van der Waals surface area contributed by atoms with Gasteiger partial charge in [-0.05, 0) is 50.8 Å². The van der Waals surface area contributed by atoms with Gasteiger partial charge < -0.3 is 25.7 Å². The third kappa shape index (κ3) is 6.04. The molecule has 1 amide bonds. The maximum absolute atomic E-state index is 13.1. The van der Waals surface area contributed by atoms with Crippen molar-refractivity contribution < 1.29 is 9.53 Å². The summed E-state index contributed by atoms with van der Waals surface area (Å²) in [6, 6.07) is 10.5. The maximum atomic E-state index is 13.1. The second kappa shape index (κ2) is 11.6. The second-order valence-electron chi connectivity index (χ2n) is 11.5. The molecule has 2 fully saturated rings. The molecule has 226 valence electrons. The van der Waals surface area contributed by atoms with Gasteiger partial charge in [0.25, 0.3) is 0 Å². The monoisotopic (exact) mass is 593 g/mol. The van der Waals surface area contributed by atoms with Crippen LogP contribution in [0.1, 0.15) is 30.5 Å². The molecule has 1 aliphatic carbocycles. The van der Waals surface area contributed by atoms with Crippen LogP contribution in [-0.4, -0.2) is 77.3 Å². The Bertz CT molecular complexity index is 1810. The molecule has 4 N–H and O–H groups in total. The number of carbonyl (C=O) groups excluding carboxylic acids is 1. The first-order valence-electron chi connectivity index (χ1n) is 14.9. The van der Waals surface area contributed by atoms with Gasteiger partial charge in [-0.1, -0.05) is 12.1 Å². The van der Waals surface area contributed by atoms with Crippen LogP contribution in [0.2, 0.25) is 0 Å². The number of aromatic nitrogens is 7. The van der Waals surface area contributed by atoms with Crippen LogP contribution in [0.15, 0.2) is 48.9 Å². The molecule has 1 saturated carbocycles. The summed E-state index contributed by atoms with van der Waals surface area (Å²) >= 11 is 0. The number of anilines is 4. The molecule has 5 aromatic rings. The minimum Gasteiger partial charge on any atom is -0.459 e. The molecule has 1 unspecified atom stereocenters. The van der Waals surface area contributed by atoms with E-state index in [2.05, 4.69) is 45.9 Å². The number of carbonyl (C=O) groups is 1. The zero-order chi connectivity index (χ0) is 30.2. The maximum Gasteiger partial charge on any atom is 0.318 e. The van der Waals surface area contributed by atoms with Crippen LogP contribution in [0.3, 0.4) is 0 Å². The first-order valence-corrected chi connectivity index (χ1v) is 14.9. The van der Waals surface area contributed by atoms with Crippen LogP contribution in [0.25, 0.3) is 22.2 Å². The molecule has 1 atom stereocenters. The Kier molecular flexibility index (Phi) is 7.30. The third-order valence-electron chi connectivity index (χ3n) is 8.00. The van der Waals surface area contributed by atoms with Crippen molar-refractivity contribution >= 4 is 40.1 Å². The van der Waals surface area contributed by atoms with Crippen LogP contribution < -0.4 is 20.7 Å². The molecule has 0 bridgehead atoms. The van der Waals surface area contributed by atoms with Gasteiger partial charge >= 0.3 is 6.01 Å². The average molecular weight is 594 g/mol. The van der Waals surface area contributed by atoms with E-state index in [4.69, 9.17) is 9.72 Å². The summed E-state index contributed by atoms with van der Waals surface area (Å²) in [7, 11) is 1.89. The van der Waals surface area contributed by atoms with Crippen molar-refractivity contribution in [3.05, 3.63) is 60.2 Å². The highest BCUT2D eigenvalue weighted by molar-refractivity contribution is 6.06. The van der Waals surface area contributed by atoms with Crippen LogP contribution in [0.4, 0.5) is 23.3 Å². The quantitative estimate of drug-likeness (QED) is 0.186. The Labute approximate surface area is 254 Å². The Morgan fingerprint density at radius 1 is 1.11 bits per heavy atom. The number of H-pyrrole nitrogens is 1. The number of amides is 1. The number of nitrogens with one attached hydrogen (secondary N) is 4. The van der Waals surface area contributed by atoms with Crippen LogP contribution in [0.5, 0.6) is 6.01 Å². The number of nitrogens with zero attached hydrogens (tertiary/aromatic N) is 7. The van der Waals surface area contributed by atoms with Gasteiger partial charge in [0.15, 0.2) is 5.82 Å². The molecular weight excluding hydrogens is 558 g/mol. The lowest BCUT2D eigenvalue weighted by Crippen LogP contribution is -2.33. The molecule has 44 heavy (non-hydrogen) atoms. The van der Waals surface area contributed by atoms with Crippen molar-refractivity contribution in [2.75, 3.05) is 35.6 Å². The largest absolute Gasteiger partial charge is 0.459 e. The molecule has 13 heteroatoms. The highest BCUT2D eigenvalue weighted by atomic mass is 16.5. The van der Waals surface area contributed by atoms with E-state index in [-0.39, 0.29) is 18.6 Å². The molecule has 13 nitrogen and oxygen atoms in total. The average Bonchev–Trinajstić information content (AvgIpc) is 3.37. The van der Waals surface area contributed by atoms with E-state index in [1.807, 2.05) is 57.4 Å². The number of ether oxygens (including phenoxy) is 1. The fraction of sp³-hybridized carbons (Fsp3) is 0.355. The summed E-state index contributed by atoms with van der Waals surface area (Å²) in [6.45, 7) is 5.63. The number of benzene rings is 1. The van der Waals surface area contributed by atoms with E-state index in [0.29, 0.717) is 36.1 Å². The number of aryl methyl sites for hydroxylation is 3. The lowest BCUT2D eigenvalue weighted by Gasteiger charge is -2.16. The molecule has 1 saturated heterocycles. The highest BCUT2D eigenvalue weighted by Gasteiger charge is 2.27. The summed E-state index contributed by atoms with van der Waals surface area (Å²) < 4.78 is 7.84. The molecule has 1 aliphatic heterocycles. The lowest BCUT2D eigenvalue weighted by atomic mass is 10.1. The first-order chi connectivity index (χ1) is 21.4. The van der Waals surface area contributed by atoms with Gasteiger partial charge in [-0.2, -0.15) is 10.1 Å². The number of aromatic amines is 1. The topological polar surface area (TPSA) is 151 Å². The van der Waals surface area contributed by atoms with Crippen LogP contribution >= 0.6 is 0 Å². The first kappa shape index (κ1) is 27.8. The van der Waals surface area contributed by atoms with Crippen LogP contribution in [-0.2, 0) is 11.8 Å². The third-order valence-corrected chi connectivity index (χ3v) is 8.00. The predicted molar refractivity (Wildman–Crippen MR) is 168 cm³/mol. The van der Waals surface area contributed by atoms with Crippen molar-refractivity contribution in [1.29, 1.82) is 0 Å². The summed E-state index contributed by atoms with van der Waals surface area (Å²) in [5.41, 5.74) is 5.24. The predicted octanol–water partition coefficient (Wildman–Crippen LogP) is 4.17. The number of hydrogen-bond donors (Lipinski definition) is 4. The number of para-hydroxylation sites is 1. The van der Waals surface area contributed by atoms with Gasteiger partial charge in [0.1, 0.15) is 11.9 Å². The van der Waals surface area contributed by atoms with Gasteiger partial charge in [0.05, 0.1) is 23.4 Å². The molecule has 5 heterocycles. The van der Waals surface area contributed by atoms with Crippen molar-refractivity contribution in [2.24, 2.45) is 7.05 Å². The van der Waals surface area contributed by atoms with E-state index >= 15 is 0 Å². The zero-order valence-electron chi connectivity index (χ0n) is 25.0. The summed E-state index contributed by atoms with van der Waals surface area (Å²) in [5.74, 6) is 1.85. The second-order valence-corrected chi connectivity index (χ2v) is 11.5. The number of hydrogen-bond acceptors (Lipinski definition) is 10. The van der Waals surface area contributed by atoms with Gasteiger partial charge in [0, 0.05) is 67.5 Å². The molecule has 1 aromatic carbocycles. The minimum atomic E-state index is -0.0865. The fourth-order valence-electron chi connectivity index (χ4n) is 5.46. The van der Waals surface area contributed by atoms with E-state index in [1.54, 1.807) is 17.1 Å². The summed E-state index contributed by atoms with van der Waals surface area (Å²) in [5, 5.41) is 15.1. The smallest absolute Gasteiger partial charge is 0.318 e. The molecule has 4 aromatic heterocycles. The van der Waals surface area contributed by atoms with Crippen molar-refractivity contribution in [1.82, 2.24) is 39.6 Å². The molecular formula is C31H35N11O2. The number of rotatable bonds is 10. The zero-order valence-corrected chi connectivity index (χ0v) is 25.0. The normalized spacial score (nSPS) is 16.8. The Hall–Kier alpha value is -5.04. The van der Waals surface area contributed by atoms with Gasteiger partial charge in [-0.15, -0.1) is 0 Å². The Balaban J connectivity index is 1.00. The summed E-state index contributed by atoms with van der Waals surface area (Å²) in [4.78, 5) is 36.6. The minimum absolute atomic E-state index is 0.0643. The van der Waals surface area contributed by atoms with Gasteiger partial charge in [-0.25, -0.2) is 15.0 Å². The van der Waals surface area contributed by atoms with Crippen LogP contribution in [0, 0.1) is 13.8 Å². The summed E-state index contributed by atoms with van der Waals surface area (Å²) in [6.07, 6.45) is 8.52. The molecule has 0 radical (unpaired) electrons. The van der Waals surface area contributed by atoms with Crippen molar-refractivity contribution in [3.8, 4) is 17.3 Å². The van der Waals surface area contributed by atoms with Crippen molar-refractivity contribution in [3.63, 3.8) is 0 Å². The number of likely N-dealkylation sites (tertiary alicyclic amines) is 1. The standard InChI is InChI=1S/C31H35N11O2/c1-18-14-34-30(37-26-13-19(2)41(3)40-26)39-28(18)23-15-33-29-22(23)5-4-6-24(29)36-27(43)17-42-12-10-21(16-42)44-31-32-11-9-25(38-31)35-20-7-8-20/h4-6,9,11,13-15,20-21,33H,7-8,10,12,16-17H2,1-3H3,(H,36,43)(H,32,35,38)(H,34,37,39,40). The van der Waals surface area contributed by atoms with E-state index in [1.165, 1.54) is 12.8 Å². The molecule has 7 rings (SSSR count). The number of fused-ring (bicyclic) bond motifs is 1. The Morgan fingerprint density at radius 2 is 2.00 bits per heavy atom. The van der Waals surface area contributed by atoms with Gasteiger partial charge in [0.2, 0.25) is 11.9 Å². The van der Waals surface area contributed by atoms with E-state index < -0.39 is 0 Å². The molecule has 0 spiro atoms. The SMILES string of the molecule is Cc1cnc(Nc2cc(C)n(C)n2)nc1-c1c[nH]c2c(NC(=O)CN3CCC(Oc4nccc(NC5CC5)n4)C3)cccc12.